The van der Waals surface area contributed by atoms with Gasteiger partial charge in [0.25, 0.3) is 0 Å². The first kappa shape index (κ1) is 12.9. The number of hydrogen-bond donors (Lipinski definition) is 2. The van der Waals surface area contributed by atoms with Gasteiger partial charge in [0.05, 0.1) is 5.69 Å². The highest BCUT2D eigenvalue weighted by molar-refractivity contribution is 5.95. The highest BCUT2D eigenvalue weighted by Gasteiger charge is 2.26. The number of carbonyl (C=O) groups excluding carboxylic acids is 1. The first-order valence-electron chi connectivity index (χ1n) is 6.78. The van der Waals surface area contributed by atoms with E-state index in [1.54, 1.807) is 4.68 Å². The van der Waals surface area contributed by atoms with Gasteiger partial charge in [-0.1, -0.05) is 24.3 Å². The number of rotatable bonds is 2. The Morgan fingerprint density at radius 1 is 1.45 bits per heavy atom. The molecule has 1 aromatic heterocycles. The zero-order chi connectivity index (χ0) is 14.1. The van der Waals surface area contributed by atoms with E-state index in [0.717, 1.165) is 30.0 Å². The van der Waals surface area contributed by atoms with Crippen molar-refractivity contribution in [2.24, 2.45) is 7.05 Å². The Hall–Kier alpha value is -2.14. The van der Waals surface area contributed by atoms with Crippen molar-refractivity contribution in [2.45, 2.75) is 19.4 Å². The van der Waals surface area contributed by atoms with Crippen LogP contribution in [0.3, 0.4) is 0 Å². The third-order valence-electron chi connectivity index (χ3n) is 3.62. The fraction of sp³-hybridized carbons (Fsp3) is 0.333. The quantitative estimate of drug-likeness (QED) is 0.870. The van der Waals surface area contributed by atoms with E-state index in [0.29, 0.717) is 0 Å². The number of benzene rings is 1. The number of nitrogens with one attached hydrogen (secondary N) is 2. The number of carbonyl (C=O) groups is 1. The molecule has 1 atom stereocenters. The Kier molecular flexibility index (Phi) is 3.28. The summed E-state index contributed by atoms with van der Waals surface area (Å²) < 4.78 is 1.68. The van der Waals surface area contributed by atoms with Crippen LogP contribution >= 0.6 is 0 Å². The fourth-order valence-electron chi connectivity index (χ4n) is 2.66. The van der Waals surface area contributed by atoms with E-state index in [1.807, 2.05) is 38.2 Å². The molecule has 1 aromatic carbocycles. The highest BCUT2D eigenvalue weighted by atomic mass is 16.2. The molecule has 2 aromatic rings. The van der Waals surface area contributed by atoms with Crippen LogP contribution in [-0.4, -0.2) is 22.2 Å². The lowest BCUT2D eigenvalue weighted by Gasteiger charge is -2.25. The molecule has 1 amide bonds. The zero-order valence-corrected chi connectivity index (χ0v) is 11.7. The van der Waals surface area contributed by atoms with E-state index in [4.69, 9.17) is 0 Å². The molecule has 0 saturated heterocycles. The molecular weight excluding hydrogens is 252 g/mol. The predicted molar refractivity (Wildman–Crippen MR) is 77.5 cm³/mol. The van der Waals surface area contributed by atoms with Crippen molar-refractivity contribution in [2.75, 3.05) is 11.9 Å². The summed E-state index contributed by atoms with van der Waals surface area (Å²) in [4.78, 5) is 12.5. The molecule has 2 heterocycles. The molecule has 1 aliphatic rings. The van der Waals surface area contributed by atoms with E-state index in [1.165, 1.54) is 5.56 Å². The lowest BCUT2D eigenvalue weighted by atomic mass is 9.94. The molecule has 0 spiro atoms. The van der Waals surface area contributed by atoms with Gasteiger partial charge >= 0.3 is 0 Å². The third kappa shape index (κ3) is 2.32. The van der Waals surface area contributed by atoms with Gasteiger partial charge in [0.1, 0.15) is 11.9 Å². The number of aryl methyl sites for hydroxylation is 2. The summed E-state index contributed by atoms with van der Waals surface area (Å²) in [5.74, 6) is 0.678. The standard InChI is InChI=1S/C15H18N4O/c1-10-9-13(19(2)18-10)17-15(20)14-12-6-4-3-5-11(12)7-8-16-14/h3-6,9,14,16H,7-8H2,1-2H3,(H,17,20). The molecule has 0 fully saturated rings. The van der Waals surface area contributed by atoms with Crippen LogP contribution in [0, 0.1) is 6.92 Å². The number of hydrogen-bond acceptors (Lipinski definition) is 3. The number of anilines is 1. The van der Waals surface area contributed by atoms with Crippen LogP contribution < -0.4 is 10.6 Å². The molecule has 1 unspecified atom stereocenters. The zero-order valence-electron chi connectivity index (χ0n) is 11.7. The highest BCUT2D eigenvalue weighted by Crippen LogP contribution is 2.24. The lowest BCUT2D eigenvalue weighted by Crippen LogP contribution is -2.38. The van der Waals surface area contributed by atoms with Crippen LogP contribution in [0.4, 0.5) is 5.82 Å². The third-order valence-corrected chi connectivity index (χ3v) is 3.62. The van der Waals surface area contributed by atoms with Crippen LogP contribution in [0.2, 0.25) is 0 Å². The maximum atomic E-state index is 12.5. The number of nitrogens with zero attached hydrogens (tertiary/aromatic N) is 2. The minimum Gasteiger partial charge on any atom is -0.309 e. The van der Waals surface area contributed by atoms with Crippen LogP contribution in [-0.2, 0) is 18.3 Å². The van der Waals surface area contributed by atoms with Gasteiger partial charge in [-0.3, -0.25) is 9.48 Å². The van der Waals surface area contributed by atoms with Crippen molar-refractivity contribution < 1.29 is 4.79 Å². The molecule has 2 N–H and O–H groups in total. The summed E-state index contributed by atoms with van der Waals surface area (Å²) in [5, 5.41) is 10.5. The Labute approximate surface area is 118 Å². The van der Waals surface area contributed by atoms with E-state index in [2.05, 4.69) is 21.8 Å². The molecule has 3 rings (SSSR count). The summed E-state index contributed by atoms with van der Waals surface area (Å²) in [5.41, 5.74) is 3.20. The van der Waals surface area contributed by atoms with Crippen molar-refractivity contribution in [1.82, 2.24) is 15.1 Å². The summed E-state index contributed by atoms with van der Waals surface area (Å²) >= 11 is 0. The van der Waals surface area contributed by atoms with Gasteiger partial charge in [-0.25, -0.2) is 0 Å². The summed E-state index contributed by atoms with van der Waals surface area (Å²) in [7, 11) is 1.82. The molecule has 1 aliphatic heterocycles. The van der Waals surface area contributed by atoms with Crippen LogP contribution in [0.1, 0.15) is 22.9 Å². The van der Waals surface area contributed by atoms with Gasteiger partial charge in [0, 0.05) is 19.7 Å². The first-order chi connectivity index (χ1) is 9.65. The van der Waals surface area contributed by atoms with Gasteiger partial charge in [0.15, 0.2) is 0 Å². The van der Waals surface area contributed by atoms with Crippen molar-refractivity contribution in [3.05, 3.63) is 47.2 Å². The Morgan fingerprint density at radius 2 is 2.25 bits per heavy atom. The average molecular weight is 270 g/mol. The van der Waals surface area contributed by atoms with Crippen molar-refractivity contribution in [3.63, 3.8) is 0 Å². The van der Waals surface area contributed by atoms with E-state index >= 15 is 0 Å². The molecular formula is C15H18N4O. The molecule has 104 valence electrons. The van der Waals surface area contributed by atoms with Crippen molar-refractivity contribution in [1.29, 1.82) is 0 Å². The smallest absolute Gasteiger partial charge is 0.247 e. The molecule has 0 saturated carbocycles. The maximum absolute atomic E-state index is 12.5. The minimum absolute atomic E-state index is 0.0415. The molecule has 5 heteroatoms. The second kappa shape index (κ2) is 5.09. The lowest BCUT2D eigenvalue weighted by molar-refractivity contribution is -0.118. The van der Waals surface area contributed by atoms with Gasteiger partial charge in [-0.05, 0) is 24.5 Å². The Bertz CT molecular complexity index is 647. The molecule has 5 nitrogen and oxygen atoms in total. The molecule has 0 aliphatic carbocycles. The second-order valence-corrected chi connectivity index (χ2v) is 5.12. The summed E-state index contributed by atoms with van der Waals surface area (Å²) in [6.45, 7) is 2.73. The predicted octanol–water partition coefficient (Wildman–Crippen LogP) is 1.55. The van der Waals surface area contributed by atoms with Crippen LogP contribution in [0.25, 0.3) is 0 Å². The normalized spacial score (nSPS) is 17.6. The Morgan fingerprint density at radius 3 is 3.00 bits per heavy atom. The van der Waals surface area contributed by atoms with Gasteiger partial charge < -0.3 is 10.6 Å². The monoisotopic (exact) mass is 270 g/mol. The topological polar surface area (TPSA) is 59.0 Å². The summed E-state index contributed by atoms with van der Waals surface area (Å²) in [6.07, 6.45) is 0.963. The Balaban J connectivity index is 1.83. The molecule has 20 heavy (non-hydrogen) atoms. The van der Waals surface area contributed by atoms with Crippen LogP contribution in [0.5, 0.6) is 0 Å². The minimum atomic E-state index is -0.296. The second-order valence-electron chi connectivity index (χ2n) is 5.12. The average Bonchev–Trinajstić information content (AvgIpc) is 2.76. The van der Waals surface area contributed by atoms with E-state index in [-0.39, 0.29) is 11.9 Å². The molecule has 0 radical (unpaired) electrons. The first-order valence-corrected chi connectivity index (χ1v) is 6.78. The SMILES string of the molecule is Cc1cc(NC(=O)C2NCCc3ccccc32)n(C)n1. The van der Waals surface area contributed by atoms with Crippen molar-refractivity contribution >= 4 is 11.7 Å². The van der Waals surface area contributed by atoms with E-state index < -0.39 is 0 Å². The van der Waals surface area contributed by atoms with E-state index in [9.17, 15) is 4.79 Å². The number of aromatic nitrogens is 2. The van der Waals surface area contributed by atoms with Crippen LogP contribution in [0.15, 0.2) is 30.3 Å². The maximum Gasteiger partial charge on any atom is 0.247 e. The fourth-order valence-corrected chi connectivity index (χ4v) is 2.66. The van der Waals surface area contributed by atoms with Gasteiger partial charge in [-0.2, -0.15) is 5.10 Å². The van der Waals surface area contributed by atoms with Gasteiger partial charge in [0.2, 0.25) is 5.91 Å². The van der Waals surface area contributed by atoms with Crippen molar-refractivity contribution in [3.8, 4) is 0 Å². The summed E-state index contributed by atoms with van der Waals surface area (Å²) in [6, 6.07) is 9.66. The largest absolute Gasteiger partial charge is 0.309 e. The number of fused-ring (bicyclic) bond motifs is 1. The van der Waals surface area contributed by atoms with Gasteiger partial charge in [-0.15, -0.1) is 0 Å². The number of amides is 1. The molecule has 0 bridgehead atoms.